The van der Waals surface area contributed by atoms with Gasteiger partial charge in [0.25, 0.3) is 5.91 Å². The second kappa shape index (κ2) is 7.89. The van der Waals surface area contributed by atoms with E-state index in [4.69, 9.17) is 9.15 Å². The van der Waals surface area contributed by atoms with Crippen molar-refractivity contribution in [3.05, 3.63) is 105 Å². The lowest BCUT2D eigenvalue weighted by molar-refractivity contribution is 0.0714. The summed E-state index contributed by atoms with van der Waals surface area (Å²) in [4.78, 5) is 28.6. The summed E-state index contributed by atoms with van der Waals surface area (Å²) in [5.74, 6) is 0.0134. The fourth-order valence-corrected chi connectivity index (χ4v) is 4.23. The van der Waals surface area contributed by atoms with Crippen molar-refractivity contribution in [3.8, 4) is 11.5 Å². The van der Waals surface area contributed by atoms with Crippen molar-refractivity contribution in [2.75, 3.05) is 6.61 Å². The zero-order chi connectivity index (χ0) is 22.2. The van der Waals surface area contributed by atoms with Crippen molar-refractivity contribution >= 4 is 16.9 Å². The molecule has 1 N–H and O–H groups in total. The van der Waals surface area contributed by atoms with Crippen molar-refractivity contribution in [3.63, 3.8) is 0 Å². The molecule has 1 unspecified atom stereocenters. The molecular formula is C26H21NO5. The number of benzene rings is 3. The maximum atomic E-state index is 13.5. The van der Waals surface area contributed by atoms with Crippen molar-refractivity contribution in [1.29, 1.82) is 0 Å². The molecule has 1 atom stereocenters. The number of amides is 1. The lowest BCUT2D eigenvalue weighted by atomic mass is 9.98. The molecule has 0 radical (unpaired) electrons. The summed E-state index contributed by atoms with van der Waals surface area (Å²) in [6.07, 6.45) is 0. The smallest absolute Gasteiger partial charge is 0.291 e. The molecule has 0 bridgehead atoms. The Hall–Kier alpha value is -4.06. The van der Waals surface area contributed by atoms with Gasteiger partial charge in [0, 0.05) is 6.54 Å². The number of phenolic OH excluding ortho intramolecular Hbond substituents is 1. The van der Waals surface area contributed by atoms with Crippen LogP contribution in [0.15, 0.2) is 82.0 Å². The van der Waals surface area contributed by atoms with Crippen LogP contribution in [0.3, 0.4) is 0 Å². The summed E-state index contributed by atoms with van der Waals surface area (Å²) >= 11 is 0. The third kappa shape index (κ3) is 3.21. The van der Waals surface area contributed by atoms with Crippen LogP contribution in [0.1, 0.15) is 40.2 Å². The quantitative estimate of drug-likeness (QED) is 0.502. The van der Waals surface area contributed by atoms with Gasteiger partial charge in [-0.15, -0.1) is 0 Å². The Kier molecular flexibility index (Phi) is 4.90. The van der Waals surface area contributed by atoms with Gasteiger partial charge in [-0.3, -0.25) is 9.59 Å². The largest absolute Gasteiger partial charge is 0.504 e. The van der Waals surface area contributed by atoms with Gasteiger partial charge in [-0.1, -0.05) is 48.5 Å². The van der Waals surface area contributed by atoms with E-state index in [0.717, 1.165) is 5.56 Å². The maximum absolute atomic E-state index is 13.5. The van der Waals surface area contributed by atoms with Gasteiger partial charge in [-0.05, 0) is 42.3 Å². The number of carbonyl (C=O) groups is 1. The van der Waals surface area contributed by atoms with Gasteiger partial charge >= 0.3 is 0 Å². The fourth-order valence-electron chi connectivity index (χ4n) is 4.23. The number of para-hydroxylation sites is 1. The first-order valence-corrected chi connectivity index (χ1v) is 10.4. The molecule has 5 rings (SSSR count). The highest BCUT2D eigenvalue weighted by Crippen LogP contribution is 2.41. The van der Waals surface area contributed by atoms with E-state index in [1.165, 1.54) is 6.07 Å². The SMILES string of the molecule is CCOc1cc(C2c3c(oc4ccccc4c3=O)C(=O)N2Cc2ccccc2)ccc1O. The molecular weight excluding hydrogens is 406 g/mol. The molecule has 2 heterocycles. The minimum absolute atomic E-state index is 0.000280. The summed E-state index contributed by atoms with van der Waals surface area (Å²) in [6.45, 7) is 2.50. The number of ether oxygens (including phenoxy) is 1. The van der Waals surface area contributed by atoms with Crippen LogP contribution in [0.5, 0.6) is 11.5 Å². The minimum atomic E-state index is -0.668. The third-order valence-corrected chi connectivity index (χ3v) is 5.67. The Labute approximate surface area is 184 Å². The lowest BCUT2D eigenvalue weighted by Crippen LogP contribution is -2.29. The maximum Gasteiger partial charge on any atom is 0.291 e. The molecule has 1 aliphatic heterocycles. The number of hydrogen-bond acceptors (Lipinski definition) is 5. The number of nitrogens with zero attached hydrogens (tertiary/aromatic N) is 1. The summed E-state index contributed by atoms with van der Waals surface area (Å²) in [6, 6.07) is 20.8. The summed E-state index contributed by atoms with van der Waals surface area (Å²) in [5.41, 5.74) is 2.04. The second-order valence-corrected chi connectivity index (χ2v) is 7.65. The van der Waals surface area contributed by atoms with E-state index in [0.29, 0.717) is 41.0 Å². The minimum Gasteiger partial charge on any atom is -0.504 e. The Bertz CT molecular complexity index is 1380. The molecule has 1 aliphatic rings. The normalized spacial score (nSPS) is 15.2. The average molecular weight is 427 g/mol. The second-order valence-electron chi connectivity index (χ2n) is 7.65. The first-order valence-electron chi connectivity index (χ1n) is 10.4. The van der Waals surface area contributed by atoms with E-state index in [-0.39, 0.29) is 22.8 Å². The molecule has 1 aromatic heterocycles. The van der Waals surface area contributed by atoms with Gasteiger partial charge in [0.2, 0.25) is 5.76 Å². The Balaban J connectivity index is 1.72. The van der Waals surface area contributed by atoms with Crippen LogP contribution >= 0.6 is 0 Å². The van der Waals surface area contributed by atoms with Crippen LogP contribution < -0.4 is 10.2 Å². The highest BCUT2D eigenvalue weighted by molar-refractivity contribution is 5.99. The predicted molar refractivity (Wildman–Crippen MR) is 120 cm³/mol. The number of rotatable bonds is 5. The summed E-state index contributed by atoms with van der Waals surface area (Å²) < 4.78 is 11.5. The molecule has 160 valence electrons. The molecule has 0 fully saturated rings. The van der Waals surface area contributed by atoms with E-state index in [2.05, 4.69) is 0 Å². The molecule has 0 aliphatic carbocycles. The molecule has 6 heteroatoms. The first kappa shape index (κ1) is 19.9. The molecule has 6 nitrogen and oxygen atoms in total. The highest BCUT2D eigenvalue weighted by Gasteiger charge is 2.42. The van der Waals surface area contributed by atoms with Crippen molar-refractivity contribution in [1.82, 2.24) is 4.90 Å². The monoisotopic (exact) mass is 427 g/mol. The van der Waals surface area contributed by atoms with Gasteiger partial charge in [-0.25, -0.2) is 0 Å². The van der Waals surface area contributed by atoms with Gasteiger partial charge in [0.1, 0.15) is 5.58 Å². The van der Waals surface area contributed by atoms with Crippen LogP contribution in [0, 0.1) is 0 Å². The zero-order valence-electron chi connectivity index (χ0n) is 17.4. The lowest BCUT2D eigenvalue weighted by Gasteiger charge is -2.25. The van der Waals surface area contributed by atoms with Crippen LogP contribution in [-0.4, -0.2) is 22.5 Å². The standard InChI is InChI=1S/C26H21NO5/c1-2-31-21-14-17(12-13-19(21)28)23-22-24(29)18-10-6-7-11-20(18)32-25(22)26(30)27(23)15-16-8-4-3-5-9-16/h3-14,23,28H,2,15H2,1H3. The van der Waals surface area contributed by atoms with Crippen LogP contribution in [0.2, 0.25) is 0 Å². The molecule has 3 aromatic carbocycles. The number of carbonyl (C=O) groups excluding carboxylic acids is 1. The van der Waals surface area contributed by atoms with Gasteiger partial charge in [-0.2, -0.15) is 0 Å². The Morgan fingerprint density at radius 1 is 1.00 bits per heavy atom. The van der Waals surface area contributed by atoms with Crippen molar-refractivity contribution in [2.45, 2.75) is 19.5 Å². The van der Waals surface area contributed by atoms with Crippen LogP contribution in [0.4, 0.5) is 0 Å². The van der Waals surface area contributed by atoms with E-state index in [1.807, 2.05) is 37.3 Å². The number of phenols is 1. The summed E-state index contributed by atoms with van der Waals surface area (Å²) in [5, 5.41) is 10.6. The molecule has 1 amide bonds. The first-order chi connectivity index (χ1) is 15.6. The third-order valence-electron chi connectivity index (χ3n) is 5.67. The van der Waals surface area contributed by atoms with Crippen LogP contribution in [0.25, 0.3) is 11.0 Å². The topological polar surface area (TPSA) is 80.0 Å². The average Bonchev–Trinajstić information content (AvgIpc) is 3.08. The van der Waals surface area contributed by atoms with Crippen molar-refractivity contribution < 1.29 is 19.1 Å². The Morgan fingerprint density at radius 2 is 1.75 bits per heavy atom. The number of aromatic hydroxyl groups is 1. The van der Waals surface area contributed by atoms with E-state index < -0.39 is 6.04 Å². The fraction of sp³-hybridized carbons (Fsp3) is 0.154. The molecule has 0 spiro atoms. The predicted octanol–water partition coefficient (Wildman–Crippen LogP) is 4.64. The molecule has 0 saturated carbocycles. The molecule has 0 saturated heterocycles. The zero-order valence-corrected chi connectivity index (χ0v) is 17.4. The van der Waals surface area contributed by atoms with Crippen molar-refractivity contribution in [2.24, 2.45) is 0 Å². The van der Waals surface area contributed by atoms with Crippen LogP contribution in [-0.2, 0) is 6.54 Å². The highest BCUT2D eigenvalue weighted by atomic mass is 16.5. The van der Waals surface area contributed by atoms with E-state index in [1.54, 1.807) is 41.3 Å². The number of fused-ring (bicyclic) bond motifs is 2. The van der Waals surface area contributed by atoms with Gasteiger partial charge in [0.05, 0.1) is 23.6 Å². The van der Waals surface area contributed by atoms with E-state index in [9.17, 15) is 14.7 Å². The Morgan fingerprint density at radius 3 is 2.53 bits per heavy atom. The van der Waals surface area contributed by atoms with Gasteiger partial charge < -0.3 is 19.2 Å². The molecule has 32 heavy (non-hydrogen) atoms. The number of hydrogen-bond donors (Lipinski definition) is 1. The van der Waals surface area contributed by atoms with E-state index >= 15 is 0 Å². The molecule has 4 aromatic rings. The summed E-state index contributed by atoms with van der Waals surface area (Å²) in [7, 11) is 0. The van der Waals surface area contributed by atoms with Gasteiger partial charge in [0.15, 0.2) is 16.9 Å².